The molecule has 0 spiro atoms. The Kier molecular flexibility index (Phi) is 3.09. The normalized spacial score (nSPS) is 10.9. The van der Waals surface area contributed by atoms with Crippen LogP contribution in [0, 0.1) is 0 Å². The van der Waals surface area contributed by atoms with Crippen molar-refractivity contribution in [1.82, 2.24) is 4.98 Å². The smallest absolute Gasteiger partial charge is 0.345 e. The lowest BCUT2D eigenvalue weighted by atomic mass is 10.1. The molecular formula is C18H11NO2S. The second-order valence-electron chi connectivity index (χ2n) is 4.89. The van der Waals surface area contributed by atoms with Crippen molar-refractivity contribution in [2.24, 2.45) is 0 Å². The molecule has 0 N–H and O–H groups in total. The molecule has 0 aliphatic rings. The molecule has 0 aliphatic heterocycles. The third-order valence-electron chi connectivity index (χ3n) is 3.44. The van der Waals surface area contributed by atoms with Gasteiger partial charge < -0.3 is 4.42 Å². The molecule has 0 unspecified atom stereocenters. The minimum atomic E-state index is -0.358. The zero-order chi connectivity index (χ0) is 14.9. The van der Waals surface area contributed by atoms with Gasteiger partial charge >= 0.3 is 5.63 Å². The monoisotopic (exact) mass is 305 g/mol. The number of rotatable bonds is 2. The molecule has 2 heterocycles. The zero-order valence-corrected chi connectivity index (χ0v) is 12.3. The average molecular weight is 305 g/mol. The molecule has 0 amide bonds. The Bertz CT molecular complexity index is 1000. The van der Waals surface area contributed by atoms with E-state index < -0.39 is 0 Å². The Labute approximate surface area is 130 Å². The second-order valence-corrected chi connectivity index (χ2v) is 5.75. The van der Waals surface area contributed by atoms with E-state index in [9.17, 15) is 4.79 Å². The lowest BCUT2D eigenvalue weighted by Gasteiger charge is -1.99. The van der Waals surface area contributed by atoms with Gasteiger partial charge in [0.1, 0.15) is 10.6 Å². The quantitative estimate of drug-likeness (QED) is 0.509. The van der Waals surface area contributed by atoms with Crippen molar-refractivity contribution < 1.29 is 4.42 Å². The number of fused-ring (bicyclic) bond motifs is 1. The fraction of sp³-hybridized carbons (Fsp3) is 0. The van der Waals surface area contributed by atoms with Crippen LogP contribution in [0.15, 0.2) is 75.3 Å². The molecule has 0 fully saturated rings. The maximum Gasteiger partial charge on any atom is 0.345 e. The number of hydrogen-bond donors (Lipinski definition) is 0. The molecule has 0 radical (unpaired) electrons. The minimum absolute atomic E-state index is 0.358. The predicted octanol–water partition coefficient (Wildman–Crippen LogP) is 4.58. The first kappa shape index (κ1) is 13.0. The van der Waals surface area contributed by atoms with Gasteiger partial charge in [0.05, 0.1) is 11.3 Å². The first-order chi connectivity index (χ1) is 10.8. The summed E-state index contributed by atoms with van der Waals surface area (Å²) in [7, 11) is 0. The Morgan fingerprint density at radius 2 is 1.73 bits per heavy atom. The van der Waals surface area contributed by atoms with E-state index in [4.69, 9.17) is 4.42 Å². The van der Waals surface area contributed by atoms with Gasteiger partial charge in [-0.05, 0) is 12.1 Å². The van der Waals surface area contributed by atoms with E-state index in [2.05, 4.69) is 4.98 Å². The van der Waals surface area contributed by atoms with Crippen LogP contribution in [0.5, 0.6) is 0 Å². The highest BCUT2D eigenvalue weighted by Crippen LogP contribution is 2.28. The fourth-order valence-corrected chi connectivity index (χ4v) is 3.18. The van der Waals surface area contributed by atoms with Gasteiger partial charge in [-0.25, -0.2) is 9.78 Å². The molecule has 0 atom stereocenters. The van der Waals surface area contributed by atoms with Crippen LogP contribution in [0.4, 0.5) is 0 Å². The van der Waals surface area contributed by atoms with Crippen LogP contribution in [0.2, 0.25) is 0 Å². The van der Waals surface area contributed by atoms with Crippen molar-refractivity contribution in [2.75, 3.05) is 0 Å². The van der Waals surface area contributed by atoms with Gasteiger partial charge in [0, 0.05) is 16.3 Å². The first-order valence-corrected chi connectivity index (χ1v) is 7.73. The van der Waals surface area contributed by atoms with Crippen LogP contribution in [0.3, 0.4) is 0 Å². The molecular weight excluding hydrogens is 294 g/mol. The van der Waals surface area contributed by atoms with Gasteiger partial charge in [0.15, 0.2) is 0 Å². The summed E-state index contributed by atoms with van der Waals surface area (Å²) in [5.74, 6) is 0. The number of nitrogens with zero attached hydrogens (tertiary/aromatic N) is 1. The van der Waals surface area contributed by atoms with Crippen LogP contribution in [-0.4, -0.2) is 4.98 Å². The van der Waals surface area contributed by atoms with Crippen LogP contribution >= 0.6 is 11.3 Å². The molecule has 0 bridgehead atoms. The van der Waals surface area contributed by atoms with Crippen LogP contribution < -0.4 is 5.63 Å². The molecule has 106 valence electrons. The predicted molar refractivity (Wildman–Crippen MR) is 89.0 cm³/mol. The summed E-state index contributed by atoms with van der Waals surface area (Å²) in [6.45, 7) is 0. The second kappa shape index (κ2) is 5.24. The van der Waals surface area contributed by atoms with E-state index in [0.29, 0.717) is 16.8 Å². The van der Waals surface area contributed by atoms with Crippen LogP contribution in [0.1, 0.15) is 0 Å². The van der Waals surface area contributed by atoms with Crippen molar-refractivity contribution in [3.63, 3.8) is 0 Å². The summed E-state index contributed by atoms with van der Waals surface area (Å²) in [6, 6.07) is 19.2. The first-order valence-electron chi connectivity index (χ1n) is 6.85. The van der Waals surface area contributed by atoms with Gasteiger partial charge in [-0.3, -0.25) is 0 Å². The molecule has 0 saturated carbocycles. The average Bonchev–Trinajstić information content (AvgIpc) is 3.05. The maximum atomic E-state index is 12.2. The molecule has 22 heavy (non-hydrogen) atoms. The number of benzene rings is 2. The molecule has 4 heteroatoms. The van der Waals surface area contributed by atoms with Crippen molar-refractivity contribution in [3.05, 3.63) is 76.5 Å². The van der Waals surface area contributed by atoms with Crippen molar-refractivity contribution in [3.8, 4) is 21.8 Å². The van der Waals surface area contributed by atoms with Crippen molar-refractivity contribution in [1.29, 1.82) is 0 Å². The topological polar surface area (TPSA) is 43.1 Å². The fourth-order valence-electron chi connectivity index (χ4n) is 2.35. The van der Waals surface area contributed by atoms with E-state index in [0.717, 1.165) is 16.0 Å². The standard InChI is InChI=1S/C18H11NO2S/c20-18-14(10-13-8-4-5-9-16(13)21-18)15-11-22-17(19-15)12-6-2-1-3-7-12/h1-11H. The van der Waals surface area contributed by atoms with Gasteiger partial charge in [-0.15, -0.1) is 11.3 Å². The lowest BCUT2D eigenvalue weighted by Crippen LogP contribution is -2.02. The van der Waals surface area contributed by atoms with E-state index in [1.165, 1.54) is 11.3 Å². The summed E-state index contributed by atoms with van der Waals surface area (Å²) >= 11 is 1.52. The highest BCUT2D eigenvalue weighted by atomic mass is 32.1. The maximum absolute atomic E-state index is 12.2. The summed E-state index contributed by atoms with van der Waals surface area (Å²) in [5, 5.41) is 3.68. The number of aromatic nitrogens is 1. The highest BCUT2D eigenvalue weighted by molar-refractivity contribution is 7.13. The van der Waals surface area contributed by atoms with E-state index >= 15 is 0 Å². The minimum Gasteiger partial charge on any atom is -0.422 e. The molecule has 2 aromatic heterocycles. The summed E-state index contributed by atoms with van der Waals surface area (Å²) in [5.41, 5.74) is 2.43. The molecule has 0 aliphatic carbocycles. The zero-order valence-electron chi connectivity index (χ0n) is 11.5. The Morgan fingerprint density at radius 1 is 0.955 bits per heavy atom. The number of para-hydroxylation sites is 1. The molecule has 2 aromatic carbocycles. The van der Waals surface area contributed by atoms with Crippen molar-refractivity contribution in [2.45, 2.75) is 0 Å². The molecule has 4 rings (SSSR count). The third kappa shape index (κ3) is 2.23. The van der Waals surface area contributed by atoms with Gasteiger partial charge in [-0.2, -0.15) is 0 Å². The summed E-state index contributed by atoms with van der Waals surface area (Å²) in [6.07, 6.45) is 0. The highest BCUT2D eigenvalue weighted by Gasteiger charge is 2.12. The van der Waals surface area contributed by atoms with Gasteiger partial charge in [0.25, 0.3) is 0 Å². The van der Waals surface area contributed by atoms with E-state index in [1.807, 2.05) is 60.0 Å². The lowest BCUT2D eigenvalue weighted by molar-refractivity contribution is 0.563. The Morgan fingerprint density at radius 3 is 2.59 bits per heavy atom. The van der Waals surface area contributed by atoms with E-state index in [-0.39, 0.29) is 5.63 Å². The molecule has 4 aromatic rings. The SMILES string of the molecule is O=c1oc2ccccc2cc1-c1csc(-c2ccccc2)n1. The van der Waals surface area contributed by atoms with Crippen molar-refractivity contribution >= 4 is 22.3 Å². The van der Waals surface area contributed by atoms with Gasteiger partial charge in [0.2, 0.25) is 0 Å². The summed E-state index contributed by atoms with van der Waals surface area (Å²) < 4.78 is 5.37. The van der Waals surface area contributed by atoms with Crippen LogP contribution in [0.25, 0.3) is 32.8 Å². The molecule has 3 nitrogen and oxygen atoms in total. The largest absolute Gasteiger partial charge is 0.422 e. The van der Waals surface area contributed by atoms with E-state index in [1.54, 1.807) is 6.07 Å². The third-order valence-corrected chi connectivity index (χ3v) is 4.33. The summed E-state index contributed by atoms with van der Waals surface area (Å²) in [4.78, 5) is 16.8. The number of hydrogen-bond acceptors (Lipinski definition) is 4. The Hall–Kier alpha value is -2.72. The number of thiazole rings is 1. The molecule has 0 saturated heterocycles. The van der Waals surface area contributed by atoms with Crippen LogP contribution in [-0.2, 0) is 0 Å². The van der Waals surface area contributed by atoms with Gasteiger partial charge in [-0.1, -0.05) is 48.5 Å². The Balaban J connectivity index is 1.84.